The van der Waals surface area contributed by atoms with E-state index in [0.717, 1.165) is 37.1 Å². The molecule has 1 amide bonds. The molecule has 1 aromatic heterocycles. The number of rotatable bonds is 6. The molecule has 1 saturated heterocycles. The molecule has 0 atom stereocenters. The van der Waals surface area contributed by atoms with Crippen LogP contribution in [0.15, 0.2) is 36.5 Å². The second kappa shape index (κ2) is 9.01. The highest BCUT2D eigenvalue weighted by Crippen LogP contribution is 2.23. The number of aromatic nitrogens is 1. The van der Waals surface area contributed by atoms with E-state index in [1.54, 1.807) is 19.4 Å². The number of hydrogen-bond donors (Lipinski definition) is 1. The van der Waals surface area contributed by atoms with Gasteiger partial charge in [-0.05, 0) is 36.5 Å². The fraction of sp³-hybridized carbons (Fsp3) is 0.400. The van der Waals surface area contributed by atoms with Gasteiger partial charge in [0.05, 0.1) is 17.2 Å². The number of methoxy groups -OCH3 is 1. The van der Waals surface area contributed by atoms with Gasteiger partial charge in [-0.3, -0.25) is 4.79 Å². The Morgan fingerprint density at radius 2 is 1.96 bits per heavy atom. The van der Waals surface area contributed by atoms with E-state index in [2.05, 4.69) is 10.3 Å². The number of likely N-dealkylation sites (tertiary alicyclic amines) is 1. The minimum Gasteiger partial charge on any atom is -0.380 e. The van der Waals surface area contributed by atoms with E-state index >= 15 is 0 Å². The van der Waals surface area contributed by atoms with Crippen LogP contribution in [0.25, 0.3) is 0 Å². The molecule has 2 aromatic rings. The Morgan fingerprint density at radius 3 is 2.65 bits per heavy atom. The lowest BCUT2D eigenvalue weighted by Gasteiger charge is -2.26. The second-order valence-electron chi connectivity index (χ2n) is 6.46. The van der Waals surface area contributed by atoms with E-state index in [0.29, 0.717) is 29.6 Å². The van der Waals surface area contributed by atoms with Crippen LogP contribution in [0.4, 0.5) is 5.82 Å². The van der Waals surface area contributed by atoms with Crippen LogP contribution in [0.2, 0.25) is 5.02 Å². The number of nitrogens with zero attached hydrogens (tertiary/aromatic N) is 2. The van der Waals surface area contributed by atoms with Crippen LogP contribution in [-0.2, 0) is 17.9 Å². The van der Waals surface area contributed by atoms with Gasteiger partial charge in [-0.25, -0.2) is 4.98 Å². The van der Waals surface area contributed by atoms with Crippen LogP contribution >= 0.6 is 11.6 Å². The molecule has 26 heavy (non-hydrogen) atoms. The zero-order valence-corrected chi connectivity index (χ0v) is 15.8. The average molecular weight is 374 g/mol. The van der Waals surface area contributed by atoms with Crippen LogP contribution in [0, 0.1) is 0 Å². The number of carbonyl (C=O) groups is 1. The SMILES string of the molecule is COCc1ccccc1CNc1ncc(C(=O)N2CCCCC2)cc1Cl. The topological polar surface area (TPSA) is 54.5 Å². The van der Waals surface area contributed by atoms with E-state index in [-0.39, 0.29) is 5.91 Å². The normalized spacial score (nSPS) is 14.3. The van der Waals surface area contributed by atoms with Crippen molar-refractivity contribution in [2.75, 3.05) is 25.5 Å². The molecule has 0 radical (unpaired) electrons. The number of benzene rings is 1. The Balaban J connectivity index is 1.67. The molecule has 138 valence electrons. The Hall–Kier alpha value is -2.11. The largest absolute Gasteiger partial charge is 0.380 e. The van der Waals surface area contributed by atoms with Crippen molar-refractivity contribution in [3.8, 4) is 0 Å². The lowest BCUT2D eigenvalue weighted by molar-refractivity contribution is 0.0724. The number of anilines is 1. The van der Waals surface area contributed by atoms with Gasteiger partial charge in [0, 0.05) is 32.9 Å². The van der Waals surface area contributed by atoms with Gasteiger partial charge in [0.25, 0.3) is 5.91 Å². The van der Waals surface area contributed by atoms with Crippen molar-refractivity contribution >= 4 is 23.3 Å². The molecule has 0 spiro atoms. The van der Waals surface area contributed by atoms with E-state index in [1.807, 2.05) is 29.2 Å². The standard InChI is InChI=1S/C20H24ClN3O2/c1-26-14-16-8-4-3-7-15(16)12-22-19-18(21)11-17(13-23-19)20(25)24-9-5-2-6-10-24/h3-4,7-8,11,13H,2,5-6,9-10,12,14H2,1H3,(H,22,23). The number of ether oxygens (including phenoxy) is 1. The van der Waals surface area contributed by atoms with Crippen LogP contribution in [0.5, 0.6) is 0 Å². The van der Waals surface area contributed by atoms with Crippen LogP contribution in [0.1, 0.15) is 40.7 Å². The Kier molecular flexibility index (Phi) is 6.47. The second-order valence-corrected chi connectivity index (χ2v) is 6.87. The van der Waals surface area contributed by atoms with Crippen molar-refractivity contribution in [3.63, 3.8) is 0 Å². The Bertz CT molecular complexity index is 760. The van der Waals surface area contributed by atoms with E-state index in [9.17, 15) is 4.79 Å². The summed E-state index contributed by atoms with van der Waals surface area (Å²) >= 11 is 6.36. The van der Waals surface area contributed by atoms with Gasteiger partial charge in [-0.15, -0.1) is 0 Å². The van der Waals surface area contributed by atoms with Crippen molar-refractivity contribution in [3.05, 3.63) is 58.2 Å². The van der Waals surface area contributed by atoms with Gasteiger partial charge in [0.1, 0.15) is 5.82 Å². The monoisotopic (exact) mass is 373 g/mol. The highest BCUT2D eigenvalue weighted by molar-refractivity contribution is 6.33. The Labute approximate surface area is 159 Å². The minimum atomic E-state index is 0.0103. The smallest absolute Gasteiger partial charge is 0.255 e. The van der Waals surface area contributed by atoms with Crippen molar-refractivity contribution in [2.24, 2.45) is 0 Å². The third-order valence-electron chi connectivity index (χ3n) is 4.60. The number of piperidine rings is 1. The third kappa shape index (κ3) is 4.54. The fourth-order valence-corrected chi connectivity index (χ4v) is 3.40. The van der Waals surface area contributed by atoms with Gasteiger partial charge in [-0.1, -0.05) is 35.9 Å². The first-order chi connectivity index (χ1) is 12.7. The third-order valence-corrected chi connectivity index (χ3v) is 4.88. The van der Waals surface area contributed by atoms with Gasteiger partial charge in [-0.2, -0.15) is 0 Å². The van der Waals surface area contributed by atoms with Crippen molar-refractivity contribution < 1.29 is 9.53 Å². The summed E-state index contributed by atoms with van der Waals surface area (Å²) in [5, 5.41) is 3.71. The van der Waals surface area contributed by atoms with Gasteiger partial charge >= 0.3 is 0 Å². The van der Waals surface area contributed by atoms with Crippen molar-refractivity contribution in [1.29, 1.82) is 0 Å². The predicted octanol–water partition coefficient (Wildman–Crippen LogP) is 4.12. The number of pyridine rings is 1. The molecular formula is C20H24ClN3O2. The zero-order valence-electron chi connectivity index (χ0n) is 15.0. The molecule has 6 heteroatoms. The quantitative estimate of drug-likeness (QED) is 0.827. The van der Waals surface area contributed by atoms with Gasteiger partial charge in [0.15, 0.2) is 0 Å². The molecule has 0 bridgehead atoms. The maximum absolute atomic E-state index is 12.6. The number of halogens is 1. The highest BCUT2D eigenvalue weighted by Gasteiger charge is 2.19. The summed E-state index contributed by atoms with van der Waals surface area (Å²) in [5.41, 5.74) is 2.79. The number of hydrogen-bond acceptors (Lipinski definition) is 4. The molecule has 3 rings (SSSR count). The number of carbonyl (C=O) groups excluding carboxylic acids is 1. The highest BCUT2D eigenvalue weighted by atomic mass is 35.5. The summed E-state index contributed by atoms with van der Waals surface area (Å²) in [6, 6.07) is 9.77. The molecule has 1 aliphatic rings. The fourth-order valence-electron chi connectivity index (χ4n) is 3.17. The maximum atomic E-state index is 12.6. The lowest BCUT2D eigenvalue weighted by atomic mass is 10.1. The summed E-state index contributed by atoms with van der Waals surface area (Å²) in [6.07, 6.45) is 4.92. The molecule has 0 aliphatic carbocycles. The van der Waals surface area contributed by atoms with Crippen LogP contribution in [-0.4, -0.2) is 36.0 Å². The Morgan fingerprint density at radius 1 is 1.23 bits per heavy atom. The molecule has 2 heterocycles. The molecule has 1 aromatic carbocycles. The molecule has 1 aliphatic heterocycles. The molecular weight excluding hydrogens is 350 g/mol. The minimum absolute atomic E-state index is 0.0103. The maximum Gasteiger partial charge on any atom is 0.255 e. The summed E-state index contributed by atoms with van der Waals surface area (Å²) < 4.78 is 5.23. The predicted molar refractivity (Wildman–Crippen MR) is 103 cm³/mol. The number of nitrogens with one attached hydrogen (secondary N) is 1. The van der Waals surface area contributed by atoms with Gasteiger partial charge < -0.3 is 15.0 Å². The van der Waals surface area contributed by atoms with Crippen molar-refractivity contribution in [1.82, 2.24) is 9.88 Å². The van der Waals surface area contributed by atoms with Crippen LogP contribution in [0.3, 0.4) is 0 Å². The first kappa shape index (κ1) is 18.7. The molecule has 0 unspecified atom stereocenters. The first-order valence-electron chi connectivity index (χ1n) is 8.93. The summed E-state index contributed by atoms with van der Waals surface area (Å²) in [4.78, 5) is 18.8. The summed E-state index contributed by atoms with van der Waals surface area (Å²) in [5.74, 6) is 0.588. The van der Waals surface area contributed by atoms with Gasteiger partial charge in [0.2, 0.25) is 0 Å². The molecule has 1 N–H and O–H groups in total. The summed E-state index contributed by atoms with van der Waals surface area (Å²) in [7, 11) is 1.68. The van der Waals surface area contributed by atoms with Crippen molar-refractivity contribution in [2.45, 2.75) is 32.4 Å². The average Bonchev–Trinajstić information content (AvgIpc) is 2.68. The first-order valence-corrected chi connectivity index (χ1v) is 9.31. The number of amides is 1. The lowest BCUT2D eigenvalue weighted by Crippen LogP contribution is -2.35. The summed E-state index contributed by atoms with van der Waals surface area (Å²) in [6.45, 7) is 2.77. The van der Waals surface area contributed by atoms with E-state index in [1.165, 1.54) is 6.42 Å². The molecule has 1 fully saturated rings. The zero-order chi connectivity index (χ0) is 18.4. The van der Waals surface area contributed by atoms with Crippen LogP contribution < -0.4 is 5.32 Å². The van der Waals surface area contributed by atoms with E-state index in [4.69, 9.17) is 16.3 Å². The van der Waals surface area contributed by atoms with E-state index < -0.39 is 0 Å². The molecule has 0 saturated carbocycles. The molecule has 5 nitrogen and oxygen atoms in total.